The Labute approximate surface area is 45.7 Å². The van der Waals surface area contributed by atoms with E-state index < -0.39 is 0 Å². The molecule has 1 nitrogen and oxygen atoms in total. The van der Waals surface area contributed by atoms with Crippen molar-refractivity contribution in [3.05, 3.63) is 0 Å². The topological polar surface area (TPSA) is 12.0 Å². The highest BCUT2D eigenvalue weighted by atomic mass is 31.1. The molecular weight excluding hydrogens is 105 g/mol. The molecule has 2 heterocycles. The van der Waals surface area contributed by atoms with E-state index in [2.05, 4.69) is 5.32 Å². The fourth-order valence-corrected chi connectivity index (χ4v) is 2.66. The van der Waals surface area contributed by atoms with Gasteiger partial charge >= 0.3 is 0 Å². The molecule has 7 heavy (non-hydrogen) atoms. The summed E-state index contributed by atoms with van der Waals surface area (Å²) in [6.07, 6.45) is 3.06. The first-order chi connectivity index (χ1) is 3.41. The van der Waals surface area contributed by atoms with Gasteiger partial charge in [-0.3, -0.25) is 0 Å². The maximum atomic E-state index is 3.31. The fourth-order valence-electron chi connectivity index (χ4n) is 1.21. The molecule has 0 bridgehead atoms. The monoisotopic (exact) mass is 115 g/mol. The van der Waals surface area contributed by atoms with Gasteiger partial charge in [-0.05, 0) is 12.3 Å². The standard InChI is InChI=1S/C5H10NP/c1-5(2-6-1)3-7-4-5/h6-7H,1-4H2. The number of hydrogen-bond donors (Lipinski definition) is 1. The van der Waals surface area contributed by atoms with Crippen molar-refractivity contribution in [2.45, 2.75) is 0 Å². The number of rotatable bonds is 0. The summed E-state index contributed by atoms with van der Waals surface area (Å²) >= 11 is 0. The van der Waals surface area contributed by atoms with Gasteiger partial charge in [0.15, 0.2) is 0 Å². The molecule has 2 aliphatic rings. The lowest BCUT2D eigenvalue weighted by Gasteiger charge is -2.49. The van der Waals surface area contributed by atoms with E-state index in [-0.39, 0.29) is 0 Å². The van der Waals surface area contributed by atoms with Crippen molar-refractivity contribution < 1.29 is 0 Å². The molecule has 0 aromatic rings. The van der Waals surface area contributed by atoms with Crippen molar-refractivity contribution >= 4 is 8.58 Å². The van der Waals surface area contributed by atoms with Crippen LogP contribution < -0.4 is 5.32 Å². The zero-order valence-electron chi connectivity index (χ0n) is 4.33. The van der Waals surface area contributed by atoms with Crippen molar-refractivity contribution in [1.82, 2.24) is 5.32 Å². The first kappa shape index (κ1) is 4.29. The second-order valence-corrected chi connectivity index (χ2v) is 3.91. The maximum absolute atomic E-state index is 3.31. The largest absolute Gasteiger partial charge is 0.315 e. The van der Waals surface area contributed by atoms with Gasteiger partial charge in [0.2, 0.25) is 0 Å². The third-order valence-electron chi connectivity index (χ3n) is 2.00. The summed E-state index contributed by atoms with van der Waals surface area (Å²) < 4.78 is 0. The van der Waals surface area contributed by atoms with Gasteiger partial charge in [-0.15, -0.1) is 8.58 Å². The maximum Gasteiger partial charge on any atom is 0.00268 e. The van der Waals surface area contributed by atoms with Crippen molar-refractivity contribution in [3.63, 3.8) is 0 Å². The smallest absolute Gasteiger partial charge is 0.00268 e. The van der Waals surface area contributed by atoms with Gasteiger partial charge in [0.05, 0.1) is 0 Å². The average molecular weight is 115 g/mol. The second-order valence-electron chi connectivity index (χ2n) is 2.71. The zero-order valence-corrected chi connectivity index (χ0v) is 5.33. The predicted molar refractivity (Wildman–Crippen MR) is 33.4 cm³/mol. The highest BCUT2D eigenvalue weighted by molar-refractivity contribution is 7.40. The summed E-state index contributed by atoms with van der Waals surface area (Å²) in [7, 11) is 1.29. The Kier molecular flexibility index (Phi) is 0.741. The van der Waals surface area contributed by atoms with E-state index in [1.165, 1.54) is 34.0 Å². The number of hydrogen-bond acceptors (Lipinski definition) is 1. The molecule has 1 spiro atoms. The van der Waals surface area contributed by atoms with Gasteiger partial charge in [-0.2, -0.15) is 0 Å². The lowest BCUT2D eigenvalue weighted by Crippen LogP contribution is -2.60. The molecule has 40 valence electrons. The van der Waals surface area contributed by atoms with Crippen LogP contribution in [0.3, 0.4) is 0 Å². The molecule has 2 fully saturated rings. The molecule has 0 radical (unpaired) electrons. The molecule has 2 saturated heterocycles. The van der Waals surface area contributed by atoms with Gasteiger partial charge in [0, 0.05) is 18.5 Å². The van der Waals surface area contributed by atoms with Gasteiger partial charge in [-0.1, -0.05) is 0 Å². The van der Waals surface area contributed by atoms with Crippen molar-refractivity contribution in [1.29, 1.82) is 0 Å². The van der Waals surface area contributed by atoms with E-state index in [1.54, 1.807) is 0 Å². The summed E-state index contributed by atoms with van der Waals surface area (Å²) in [6.45, 7) is 2.64. The summed E-state index contributed by atoms with van der Waals surface area (Å²) in [6, 6.07) is 0. The Bertz CT molecular complexity index is 68.6. The van der Waals surface area contributed by atoms with Gasteiger partial charge < -0.3 is 5.32 Å². The van der Waals surface area contributed by atoms with Crippen LogP contribution in [0.1, 0.15) is 0 Å². The number of nitrogens with one attached hydrogen (secondary N) is 1. The first-order valence-electron chi connectivity index (χ1n) is 2.83. The molecule has 0 saturated carbocycles. The van der Waals surface area contributed by atoms with Crippen LogP contribution in [-0.2, 0) is 0 Å². The highest BCUT2D eigenvalue weighted by Crippen LogP contribution is 2.45. The summed E-state index contributed by atoms with van der Waals surface area (Å²) in [4.78, 5) is 0. The summed E-state index contributed by atoms with van der Waals surface area (Å²) in [5.74, 6) is 0. The molecule has 0 unspecified atom stereocenters. The van der Waals surface area contributed by atoms with Crippen LogP contribution in [0.15, 0.2) is 0 Å². The third kappa shape index (κ3) is 0.458. The lowest BCUT2D eigenvalue weighted by molar-refractivity contribution is 0.219. The molecule has 0 aromatic heterocycles. The molecule has 1 N–H and O–H groups in total. The Balaban J connectivity index is 2.00. The molecule has 2 heteroatoms. The molecule has 2 rings (SSSR count). The van der Waals surface area contributed by atoms with Crippen molar-refractivity contribution in [2.24, 2.45) is 5.41 Å². The Hall–Kier alpha value is 0.390. The zero-order chi connectivity index (χ0) is 4.74. The SMILES string of the molecule is C1NCC12CPC2. The molecule has 0 aromatic carbocycles. The van der Waals surface area contributed by atoms with Crippen LogP contribution >= 0.6 is 8.58 Å². The Morgan fingerprint density at radius 1 is 1.29 bits per heavy atom. The van der Waals surface area contributed by atoms with Crippen LogP contribution in [0.5, 0.6) is 0 Å². The van der Waals surface area contributed by atoms with Gasteiger partial charge in [-0.25, -0.2) is 0 Å². The van der Waals surface area contributed by atoms with E-state index in [4.69, 9.17) is 0 Å². The molecule has 0 atom stereocenters. The second kappa shape index (κ2) is 1.21. The van der Waals surface area contributed by atoms with Gasteiger partial charge in [0.1, 0.15) is 0 Å². The Morgan fingerprint density at radius 3 is 2.00 bits per heavy atom. The van der Waals surface area contributed by atoms with E-state index in [0.29, 0.717) is 0 Å². The molecular formula is C5H10NP. The fraction of sp³-hybridized carbons (Fsp3) is 1.00. The van der Waals surface area contributed by atoms with E-state index in [1.807, 2.05) is 0 Å². The van der Waals surface area contributed by atoms with E-state index in [0.717, 1.165) is 5.41 Å². The van der Waals surface area contributed by atoms with Crippen LogP contribution in [-0.4, -0.2) is 25.4 Å². The minimum Gasteiger partial charge on any atom is -0.315 e. The average Bonchev–Trinajstić information content (AvgIpc) is 1.20. The molecule has 0 aliphatic carbocycles. The predicted octanol–water partition coefficient (Wildman–Crippen LogP) is 0.268. The van der Waals surface area contributed by atoms with Crippen LogP contribution in [0.4, 0.5) is 0 Å². The minimum atomic E-state index is 0.846. The first-order valence-corrected chi connectivity index (χ1v) is 4.24. The minimum absolute atomic E-state index is 0.846. The molecule has 0 amide bonds. The van der Waals surface area contributed by atoms with Gasteiger partial charge in [0.25, 0.3) is 0 Å². The van der Waals surface area contributed by atoms with Crippen molar-refractivity contribution in [3.8, 4) is 0 Å². The third-order valence-corrected chi connectivity index (χ3v) is 4.00. The Morgan fingerprint density at radius 2 is 2.00 bits per heavy atom. The van der Waals surface area contributed by atoms with Crippen LogP contribution in [0, 0.1) is 5.41 Å². The van der Waals surface area contributed by atoms with Crippen molar-refractivity contribution in [2.75, 3.05) is 25.4 Å². The lowest BCUT2D eigenvalue weighted by atomic mass is 9.85. The summed E-state index contributed by atoms with van der Waals surface area (Å²) in [5.41, 5.74) is 0.846. The quantitative estimate of drug-likeness (QED) is 0.447. The highest BCUT2D eigenvalue weighted by Gasteiger charge is 2.41. The summed E-state index contributed by atoms with van der Waals surface area (Å²) in [5, 5.41) is 3.31. The van der Waals surface area contributed by atoms with Crippen LogP contribution in [0.2, 0.25) is 0 Å². The van der Waals surface area contributed by atoms with E-state index in [9.17, 15) is 0 Å². The normalized spacial score (nSPS) is 34.3. The van der Waals surface area contributed by atoms with Crippen LogP contribution in [0.25, 0.3) is 0 Å². The van der Waals surface area contributed by atoms with E-state index >= 15 is 0 Å². The molecule has 2 aliphatic heterocycles.